The van der Waals surface area contributed by atoms with Crippen LogP contribution in [-0.4, -0.2) is 31.0 Å². The topological polar surface area (TPSA) is 71.4 Å². The molecule has 0 heterocycles. The number of carboxylic acids is 1. The van der Waals surface area contributed by atoms with Crippen molar-refractivity contribution in [2.24, 2.45) is 23.2 Å². The molecule has 0 spiro atoms. The van der Waals surface area contributed by atoms with Crippen LogP contribution in [0.15, 0.2) is 0 Å². The first-order chi connectivity index (χ1) is 9.07. The third-order valence-electron chi connectivity index (χ3n) is 4.76. The van der Waals surface area contributed by atoms with Gasteiger partial charge in [0.1, 0.15) is 9.84 Å². The quantitative estimate of drug-likeness (QED) is 0.847. The first-order valence-corrected chi connectivity index (χ1v) is 9.32. The molecule has 0 aromatic carbocycles. The standard InChI is InChI=1S/C15H28O4S/c1-5-20(18,19)9-8-11-10-12(15(2,3)4)6-7-13(11)14(16)17/h11-13H,5-10H2,1-4H3,(H,16,17). The summed E-state index contributed by atoms with van der Waals surface area (Å²) in [6, 6.07) is 0. The van der Waals surface area contributed by atoms with Gasteiger partial charge in [-0.1, -0.05) is 27.7 Å². The third-order valence-corrected chi connectivity index (χ3v) is 6.50. The SMILES string of the molecule is CCS(=O)(=O)CCC1CC(C(C)(C)C)CCC1C(=O)O. The van der Waals surface area contributed by atoms with Crippen molar-refractivity contribution >= 4 is 15.8 Å². The van der Waals surface area contributed by atoms with Gasteiger partial charge in [-0.2, -0.15) is 0 Å². The van der Waals surface area contributed by atoms with Gasteiger partial charge in [-0.05, 0) is 42.9 Å². The Labute approximate surface area is 122 Å². The van der Waals surface area contributed by atoms with Crippen LogP contribution in [0.4, 0.5) is 0 Å². The molecule has 20 heavy (non-hydrogen) atoms. The molecule has 118 valence electrons. The summed E-state index contributed by atoms with van der Waals surface area (Å²) < 4.78 is 23.3. The van der Waals surface area contributed by atoms with E-state index >= 15 is 0 Å². The van der Waals surface area contributed by atoms with Gasteiger partial charge in [-0.15, -0.1) is 0 Å². The summed E-state index contributed by atoms with van der Waals surface area (Å²) in [7, 11) is -3.01. The number of sulfone groups is 1. The van der Waals surface area contributed by atoms with Crippen LogP contribution in [0.2, 0.25) is 0 Å². The highest BCUT2D eigenvalue weighted by molar-refractivity contribution is 7.91. The van der Waals surface area contributed by atoms with Crippen molar-refractivity contribution in [3.63, 3.8) is 0 Å². The molecule has 1 aliphatic rings. The number of rotatable bonds is 5. The highest BCUT2D eigenvalue weighted by atomic mass is 32.2. The van der Waals surface area contributed by atoms with Crippen molar-refractivity contribution in [1.29, 1.82) is 0 Å². The smallest absolute Gasteiger partial charge is 0.306 e. The van der Waals surface area contributed by atoms with E-state index < -0.39 is 15.8 Å². The molecule has 0 aromatic rings. The van der Waals surface area contributed by atoms with Crippen molar-refractivity contribution < 1.29 is 18.3 Å². The van der Waals surface area contributed by atoms with Gasteiger partial charge < -0.3 is 5.11 Å². The predicted molar refractivity (Wildman–Crippen MR) is 80.4 cm³/mol. The molecular weight excluding hydrogens is 276 g/mol. The minimum absolute atomic E-state index is 0.00759. The molecule has 3 atom stereocenters. The largest absolute Gasteiger partial charge is 0.481 e. The van der Waals surface area contributed by atoms with Crippen molar-refractivity contribution in [3.8, 4) is 0 Å². The van der Waals surface area contributed by atoms with Gasteiger partial charge >= 0.3 is 5.97 Å². The van der Waals surface area contributed by atoms with Crippen LogP contribution in [0.25, 0.3) is 0 Å². The van der Waals surface area contributed by atoms with Crippen molar-refractivity contribution in [2.75, 3.05) is 11.5 Å². The second-order valence-electron chi connectivity index (χ2n) is 7.11. The molecule has 0 aromatic heterocycles. The summed E-state index contributed by atoms with van der Waals surface area (Å²) in [5.74, 6) is -0.411. The van der Waals surface area contributed by atoms with Gasteiger partial charge in [0.15, 0.2) is 0 Å². The molecule has 1 saturated carbocycles. The Morgan fingerprint density at radius 2 is 1.85 bits per heavy atom. The summed E-state index contributed by atoms with van der Waals surface area (Å²) in [4.78, 5) is 11.4. The molecule has 4 nitrogen and oxygen atoms in total. The van der Waals surface area contributed by atoms with Crippen LogP contribution in [0, 0.1) is 23.2 Å². The molecule has 1 fully saturated rings. The summed E-state index contributed by atoms with van der Waals surface area (Å²) in [6.07, 6.45) is 2.92. The maximum Gasteiger partial charge on any atom is 0.306 e. The van der Waals surface area contributed by atoms with Gasteiger partial charge in [-0.3, -0.25) is 4.79 Å². The van der Waals surface area contributed by atoms with Gasteiger partial charge in [0.25, 0.3) is 0 Å². The Morgan fingerprint density at radius 3 is 2.30 bits per heavy atom. The Hall–Kier alpha value is -0.580. The molecule has 1 N–H and O–H groups in total. The minimum Gasteiger partial charge on any atom is -0.481 e. The van der Waals surface area contributed by atoms with Gasteiger partial charge in [0, 0.05) is 5.75 Å². The first-order valence-electron chi connectivity index (χ1n) is 7.50. The van der Waals surface area contributed by atoms with Crippen molar-refractivity contribution in [3.05, 3.63) is 0 Å². The molecule has 0 bridgehead atoms. The van der Waals surface area contributed by atoms with Crippen LogP contribution in [0.3, 0.4) is 0 Å². The van der Waals surface area contributed by atoms with Crippen LogP contribution in [-0.2, 0) is 14.6 Å². The summed E-state index contributed by atoms with van der Waals surface area (Å²) in [5, 5.41) is 9.33. The number of aliphatic carboxylic acids is 1. The lowest BCUT2D eigenvalue weighted by Crippen LogP contribution is -2.36. The Bertz CT molecular complexity index is 433. The van der Waals surface area contributed by atoms with Crippen molar-refractivity contribution in [1.82, 2.24) is 0 Å². The van der Waals surface area contributed by atoms with Gasteiger partial charge in [-0.25, -0.2) is 8.42 Å². The molecule has 1 rings (SSSR count). The minimum atomic E-state index is -3.01. The molecule has 0 radical (unpaired) electrons. The zero-order valence-corrected chi connectivity index (χ0v) is 13.9. The number of hydrogen-bond donors (Lipinski definition) is 1. The van der Waals surface area contributed by atoms with Gasteiger partial charge in [0.2, 0.25) is 0 Å². The van der Waals surface area contributed by atoms with Crippen LogP contribution >= 0.6 is 0 Å². The molecule has 0 saturated heterocycles. The molecule has 1 aliphatic carbocycles. The lowest BCUT2D eigenvalue weighted by molar-refractivity contribution is -0.146. The molecule has 0 amide bonds. The fraction of sp³-hybridized carbons (Fsp3) is 0.933. The molecular formula is C15H28O4S. The van der Waals surface area contributed by atoms with Crippen LogP contribution in [0.5, 0.6) is 0 Å². The van der Waals surface area contributed by atoms with E-state index in [9.17, 15) is 18.3 Å². The maximum atomic E-state index is 11.6. The van der Waals surface area contributed by atoms with E-state index in [-0.39, 0.29) is 28.8 Å². The Morgan fingerprint density at radius 1 is 1.25 bits per heavy atom. The summed E-state index contributed by atoms with van der Waals surface area (Å²) >= 11 is 0. The Balaban J connectivity index is 2.77. The molecule has 3 unspecified atom stereocenters. The monoisotopic (exact) mass is 304 g/mol. The van der Waals surface area contributed by atoms with E-state index in [1.165, 1.54) is 0 Å². The third kappa shape index (κ3) is 4.76. The van der Waals surface area contributed by atoms with E-state index in [1.54, 1.807) is 6.92 Å². The van der Waals surface area contributed by atoms with Crippen LogP contribution in [0.1, 0.15) is 53.4 Å². The summed E-state index contributed by atoms with van der Waals surface area (Å²) in [5.41, 5.74) is 0.158. The van der Waals surface area contributed by atoms with E-state index in [0.29, 0.717) is 18.8 Å². The fourth-order valence-electron chi connectivity index (χ4n) is 3.17. The normalized spacial score (nSPS) is 28.3. The van der Waals surface area contributed by atoms with Crippen molar-refractivity contribution in [2.45, 2.75) is 53.4 Å². The summed E-state index contributed by atoms with van der Waals surface area (Å²) in [6.45, 7) is 8.18. The highest BCUT2D eigenvalue weighted by Crippen LogP contribution is 2.44. The van der Waals surface area contributed by atoms with E-state index in [1.807, 2.05) is 0 Å². The number of carboxylic acid groups (broad SMARTS) is 1. The van der Waals surface area contributed by atoms with E-state index in [2.05, 4.69) is 20.8 Å². The zero-order valence-electron chi connectivity index (χ0n) is 13.1. The highest BCUT2D eigenvalue weighted by Gasteiger charge is 2.39. The average molecular weight is 304 g/mol. The first kappa shape index (κ1) is 17.5. The lowest BCUT2D eigenvalue weighted by atomic mass is 9.65. The molecule has 0 aliphatic heterocycles. The molecule has 5 heteroatoms. The number of hydrogen-bond acceptors (Lipinski definition) is 3. The average Bonchev–Trinajstić information content (AvgIpc) is 2.35. The van der Waals surface area contributed by atoms with Crippen LogP contribution < -0.4 is 0 Å². The second kappa shape index (κ2) is 6.46. The second-order valence-corrected chi connectivity index (χ2v) is 9.58. The lowest BCUT2D eigenvalue weighted by Gasteiger charge is -2.40. The fourth-order valence-corrected chi connectivity index (χ4v) is 4.12. The van der Waals surface area contributed by atoms with E-state index in [4.69, 9.17) is 0 Å². The van der Waals surface area contributed by atoms with E-state index in [0.717, 1.165) is 12.8 Å². The van der Waals surface area contributed by atoms with Gasteiger partial charge in [0.05, 0.1) is 11.7 Å². The predicted octanol–water partition coefficient (Wildman–Crippen LogP) is 2.97. The Kier molecular flexibility index (Phi) is 5.64. The number of carbonyl (C=O) groups is 1. The zero-order chi connectivity index (χ0) is 15.6. The maximum absolute atomic E-state index is 11.6.